The van der Waals surface area contributed by atoms with Crippen molar-refractivity contribution < 1.29 is 9.47 Å². The molecule has 7 heteroatoms. The van der Waals surface area contributed by atoms with Crippen LogP contribution in [0.25, 0.3) is 5.69 Å². The van der Waals surface area contributed by atoms with Crippen LogP contribution >= 0.6 is 11.6 Å². The summed E-state index contributed by atoms with van der Waals surface area (Å²) >= 11 is 6.30. The summed E-state index contributed by atoms with van der Waals surface area (Å²) in [6, 6.07) is 7.51. The van der Waals surface area contributed by atoms with Crippen LogP contribution < -0.4 is 10.5 Å². The van der Waals surface area contributed by atoms with Gasteiger partial charge in [-0.1, -0.05) is 32.4 Å². The topological polar surface area (TPSA) is 65.5 Å². The lowest BCUT2D eigenvalue weighted by molar-refractivity contribution is 0.0322. The number of anilines is 1. The van der Waals surface area contributed by atoms with Crippen LogP contribution in [0.3, 0.4) is 0 Å². The molecule has 1 aliphatic rings. The maximum absolute atomic E-state index is 6.30. The van der Waals surface area contributed by atoms with Gasteiger partial charge in [-0.15, -0.1) is 0 Å². The average Bonchev–Trinajstić information content (AvgIpc) is 3.00. The summed E-state index contributed by atoms with van der Waals surface area (Å²) in [6.07, 6.45) is 0. The molecule has 26 heavy (non-hydrogen) atoms. The number of hydrogen-bond acceptors (Lipinski definition) is 5. The van der Waals surface area contributed by atoms with E-state index in [9.17, 15) is 0 Å². The average molecular weight is 379 g/mol. The molecule has 0 saturated carbocycles. The zero-order chi connectivity index (χ0) is 18.7. The van der Waals surface area contributed by atoms with Crippen molar-refractivity contribution in [1.82, 2.24) is 14.7 Å². The molecule has 0 spiro atoms. The lowest BCUT2D eigenvalue weighted by atomic mass is 9.92. The van der Waals surface area contributed by atoms with Crippen LogP contribution in [0.4, 0.5) is 5.82 Å². The van der Waals surface area contributed by atoms with Crippen LogP contribution in [0.2, 0.25) is 5.02 Å². The number of aromatic nitrogens is 2. The van der Waals surface area contributed by atoms with E-state index in [4.69, 9.17) is 26.8 Å². The van der Waals surface area contributed by atoms with Crippen LogP contribution in [0.15, 0.2) is 24.3 Å². The summed E-state index contributed by atoms with van der Waals surface area (Å²) < 4.78 is 13.0. The predicted octanol–water partition coefficient (Wildman–Crippen LogP) is 3.12. The maximum Gasteiger partial charge on any atom is 0.140 e. The Morgan fingerprint density at radius 2 is 1.96 bits per heavy atom. The van der Waals surface area contributed by atoms with E-state index in [0.29, 0.717) is 23.2 Å². The first-order chi connectivity index (χ1) is 12.3. The van der Waals surface area contributed by atoms with Gasteiger partial charge < -0.3 is 15.2 Å². The van der Waals surface area contributed by atoms with Crippen molar-refractivity contribution in [3.05, 3.63) is 35.0 Å². The Morgan fingerprint density at radius 3 is 2.62 bits per heavy atom. The minimum absolute atomic E-state index is 0.0662. The van der Waals surface area contributed by atoms with Crippen LogP contribution in [-0.2, 0) is 10.2 Å². The van der Waals surface area contributed by atoms with Gasteiger partial charge in [0.25, 0.3) is 0 Å². The third-order valence-corrected chi connectivity index (χ3v) is 4.75. The van der Waals surface area contributed by atoms with E-state index in [2.05, 4.69) is 30.8 Å². The summed E-state index contributed by atoms with van der Waals surface area (Å²) in [5.74, 6) is 1.24. The van der Waals surface area contributed by atoms with Crippen molar-refractivity contribution >= 4 is 17.4 Å². The molecule has 2 aromatic rings. The second kappa shape index (κ2) is 7.86. The highest BCUT2D eigenvalue weighted by atomic mass is 35.5. The SMILES string of the molecule is CC(C)(C)c1cc(N)n(-c2ccc(Cl)c(OCCN3CCOCC3)c2)n1. The molecule has 0 aliphatic carbocycles. The molecule has 1 aromatic carbocycles. The number of nitrogen functional groups attached to an aromatic ring is 1. The van der Waals surface area contributed by atoms with Gasteiger partial charge in [-0.2, -0.15) is 5.10 Å². The van der Waals surface area contributed by atoms with Crippen LogP contribution in [-0.4, -0.2) is 54.1 Å². The van der Waals surface area contributed by atoms with E-state index in [1.54, 1.807) is 4.68 Å². The number of nitrogens with zero attached hydrogens (tertiary/aromatic N) is 3. The molecule has 0 amide bonds. The lowest BCUT2D eigenvalue weighted by Crippen LogP contribution is -2.38. The molecule has 0 atom stereocenters. The molecule has 1 aliphatic heterocycles. The molecular weight excluding hydrogens is 352 g/mol. The number of halogens is 1. The van der Waals surface area contributed by atoms with E-state index in [-0.39, 0.29) is 5.41 Å². The number of rotatable bonds is 5. The van der Waals surface area contributed by atoms with Gasteiger partial charge in [0.05, 0.1) is 29.6 Å². The van der Waals surface area contributed by atoms with Crippen LogP contribution in [0.5, 0.6) is 5.75 Å². The Hall–Kier alpha value is -1.76. The Balaban J connectivity index is 1.72. The number of hydrogen-bond donors (Lipinski definition) is 1. The smallest absolute Gasteiger partial charge is 0.140 e. The molecule has 2 heterocycles. The van der Waals surface area contributed by atoms with Gasteiger partial charge >= 0.3 is 0 Å². The lowest BCUT2D eigenvalue weighted by Gasteiger charge is -2.26. The van der Waals surface area contributed by atoms with Gasteiger partial charge in [-0.25, -0.2) is 4.68 Å². The Labute approximate surface area is 159 Å². The molecule has 142 valence electrons. The third kappa shape index (κ3) is 4.50. The summed E-state index contributed by atoms with van der Waals surface area (Å²) in [6.45, 7) is 11.2. The Morgan fingerprint density at radius 1 is 1.23 bits per heavy atom. The first-order valence-corrected chi connectivity index (χ1v) is 9.31. The van der Waals surface area contributed by atoms with Crippen molar-refractivity contribution in [1.29, 1.82) is 0 Å². The number of ether oxygens (including phenoxy) is 2. The molecular formula is C19H27ClN4O2. The molecule has 6 nitrogen and oxygen atoms in total. The Bertz CT molecular complexity index is 748. The van der Waals surface area contributed by atoms with E-state index >= 15 is 0 Å². The minimum Gasteiger partial charge on any atom is -0.491 e. The second-order valence-electron chi connectivity index (χ2n) is 7.53. The van der Waals surface area contributed by atoms with Crippen molar-refractivity contribution in [3.63, 3.8) is 0 Å². The van der Waals surface area contributed by atoms with Crippen LogP contribution in [0, 0.1) is 0 Å². The monoisotopic (exact) mass is 378 g/mol. The number of nitrogens with two attached hydrogens (primary N) is 1. The number of benzene rings is 1. The predicted molar refractivity (Wildman–Crippen MR) is 104 cm³/mol. The standard InChI is InChI=1S/C19H27ClN4O2/c1-19(2,3)17-13-18(21)24(22-17)14-4-5-15(20)16(12-14)26-11-8-23-6-9-25-10-7-23/h4-5,12-13H,6-11,21H2,1-3H3. The molecule has 0 bridgehead atoms. The van der Waals surface area contributed by atoms with E-state index < -0.39 is 0 Å². The largest absolute Gasteiger partial charge is 0.491 e. The van der Waals surface area contributed by atoms with Gasteiger partial charge in [0.2, 0.25) is 0 Å². The van der Waals surface area contributed by atoms with Gasteiger partial charge in [-0.3, -0.25) is 4.90 Å². The molecule has 0 unspecified atom stereocenters. The molecule has 0 radical (unpaired) electrons. The highest BCUT2D eigenvalue weighted by molar-refractivity contribution is 6.32. The first kappa shape index (κ1) is 19.0. The Kier molecular flexibility index (Phi) is 5.75. The highest BCUT2D eigenvalue weighted by Gasteiger charge is 2.20. The summed E-state index contributed by atoms with van der Waals surface area (Å²) in [5.41, 5.74) is 7.88. The van der Waals surface area contributed by atoms with Gasteiger partial charge in [0.1, 0.15) is 18.2 Å². The van der Waals surface area contributed by atoms with Crippen molar-refractivity contribution in [2.24, 2.45) is 0 Å². The molecule has 1 saturated heterocycles. The normalized spacial score (nSPS) is 16.0. The summed E-state index contributed by atoms with van der Waals surface area (Å²) in [5, 5.41) is 5.23. The van der Waals surface area contributed by atoms with Crippen molar-refractivity contribution in [3.8, 4) is 11.4 Å². The van der Waals surface area contributed by atoms with Gasteiger partial charge in [0, 0.05) is 37.2 Å². The van der Waals surface area contributed by atoms with Crippen molar-refractivity contribution in [2.45, 2.75) is 26.2 Å². The van der Waals surface area contributed by atoms with Crippen LogP contribution in [0.1, 0.15) is 26.5 Å². The van der Waals surface area contributed by atoms with Gasteiger partial charge in [0.15, 0.2) is 0 Å². The fraction of sp³-hybridized carbons (Fsp3) is 0.526. The summed E-state index contributed by atoms with van der Waals surface area (Å²) in [4.78, 5) is 2.32. The molecule has 2 N–H and O–H groups in total. The van der Waals surface area contributed by atoms with E-state index in [1.807, 2.05) is 24.3 Å². The second-order valence-corrected chi connectivity index (χ2v) is 7.94. The zero-order valence-corrected chi connectivity index (χ0v) is 16.4. The highest BCUT2D eigenvalue weighted by Crippen LogP contribution is 2.30. The fourth-order valence-electron chi connectivity index (χ4n) is 2.81. The quantitative estimate of drug-likeness (QED) is 0.865. The van der Waals surface area contributed by atoms with Crippen molar-refractivity contribution in [2.75, 3.05) is 45.2 Å². The third-order valence-electron chi connectivity index (χ3n) is 4.43. The molecule has 3 rings (SSSR count). The van der Waals surface area contributed by atoms with E-state index in [0.717, 1.165) is 44.2 Å². The first-order valence-electron chi connectivity index (χ1n) is 8.93. The maximum atomic E-state index is 6.30. The summed E-state index contributed by atoms with van der Waals surface area (Å²) in [7, 11) is 0. The minimum atomic E-state index is -0.0662. The number of morpholine rings is 1. The molecule has 1 aromatic heterocycles. The van der Waals surface area contributed by atoms with Gasteiger partial charge in [-0.05, 0) is 12.1 Å². The van der Waals surface area contributed by atoms with E-state index in [1.165, 1.54) is 0 Å². The fourth-order valence-corrected chi connectivity index (χ4v) is 2.98. The molecule has 1 fully saturated rings. The zero-order valence-electron chi connectivity index (χ0n) is 15.7.